The fraction of sp³-hybridized carbons (Fsp3) is 0.462. The normalized spacial score (nSPS) is 10.0. The summed E-state index contributed by atoms with van der Waals surface area (Å²) in [4.78, 5) is 21.8. The summed E-state index contributed by atoms with van der Waals surface area (Å²) in [6.07, 6.45) is 2.91. The number of nitro groups is 1. The van der Waals surface area contributed by atoms with Crippen LogP contribution in [0.5, 0.6) is 11.5 Å². The van der Waals surface area contributed by atoms with Gasteiger partial charge < -0.3 is 9.47 Å². The molecule has 0 radical (unpaired) electrons. The third-order valence-electron chi connectivity index (χ3n) is 2.57. The first-order valence-electron chi connectivity index (χ1n) is 6.11. The Labute approximate surface area is 111 Å². The molecular weight excluding hydrogens is 250 g/mol. The number of benzene rings is 1. The van der Waals surface area contributed by atoms with Gasteiger partial charge in [-0.2, -0.15) is 0 Å². The van der Waals surface area contributed by atoms with E-state index in [1.165, 1.54) is 25.3 Å². The molecule has 0 atom stereocenters. The molecule has 0 N–H and O–H groups in total. The van der Waals surface area contributed by atoms with Gasteiger partial charge in [0.1, 0.15) is 5.75 Å². The van der Waals surface area contributed by atoms with Crippen molar-refractivity contribution in [1.29, 1.82) is 0 Å². The molecule has 1 rings (SSSR count). The quantitative estimate of drug-likeness (QED) is 0.249. The highest BCUT2D eigenvalue weighted by atomic mass is 16.6. The lowest BCUT2D eigenvalue weighted by atomic mass is 10.2. The second-order valence-electron chi connectivity index (χ2n) is 4.02. The Morgan fingerprint density at radius 1 is 1.37 bits per heavy atom. The highest BCUT2D eigenvalue weighted by Crippen LogP contribution is 2.31. The van der Waals surface area contributed by atoms with E-state index in [4.69, 9.17) is 9.47 Å². The van der Waals surface area contributed by atoms with Gasteiger partial charge >= 0.3 is 11.7 Å². The number of carbonyl (C=O) groups excluding carboxylic acids is 1. The predicted molar refractivity (Wildman–Crippen MR) is 69.4 cm³/mol. The van der Waals surface area contributed by atoms with Crippen molar-refractivity contribution in [2.24, 2.45) is 0 Å². The molecule has 104 valence electrons. The van der Waals surface area contributed by atoms with Crippen molar-refractivity contribution in [3.63, 3.8) is 0 Å². The molecule has 0 aliphatic rings. The highest BCUT2D eigenvalue weighted by Gasteiger charge is 2.19. The van der Waals surface area contributed by atoms with Crippen molar-refractivity contribution < 1.29 is 19.2 Å². The van der Waals surface area contributed by atoms with Crippen LogP contribution >= 0.6 is 0 Å². The number of methoxy groups -OCH3 is 1. The summed E-state index contributed by atoms with van der Waals surface area (Å²) in [5, 5.41) is 10.9. The number of ether oxygens (including phenoxy) is 2. The first kappa shape index (κ1) is 14.9. The Morgan fingerprint density at radius 2 is 2.11 bits per heavy atom. The van der Waals surface area contributed by atoms with Crippen molar-refractivity contribution >= 4 is 11.7 Å². The van der Waals surface area contributed by atoms with Gasteiger partial charge in [-0.05, 0) is 18.6 Å². The Bertz CT molecular complexity index is 458. The van der Waals surface area contributed by atoms with Gasteiger partial charge in [-0.1, -0.05) is 19.8 Å². The van der Waals surface area contributed by atoms with E-state index in [2.05, 4.69) is 0 Å². The van der Waals surface area contributed by atoms with Crippen molar-refractivity contribution in [2.75, 3.05) is 7.11 Å². The number of nitro benzene ring substituents is 1. The number of unbranched alkanes of at least 4 members (excludes halogenated alkanes) is 2. The zero-order chi connectivity index (χ0) is 14.3. The molecule has 0 fully saturated rings. The van der Waals surface area contributed by atoms with Gasteiger partial charge in [-0.25, -0.2) is 0 Å². The lowest BCUT2D eigenvalue weighted by Gasteiger charge is -2.06. The summed E-state index contributed by atoms with van der Waals surface area (Å²) < 4.78 is 9.92. The van der Waals surface area contributed by atoms with Gasteiger partial charge in [0.05, 0.1) is 18.1 Å². The van der Waals surface area contributed by atoms with E-state index in [0.29, 0.717) is 5.75 Å². The van der Waals surface area contributed by atoms with Crippen LogP contribution in [0.3, 0.4) is 0 Å². The Hall–Kier alpha value is -2.11. The van der Waals surface area contributed by atoms with E-state index >= 15 is 0 Å². The average Bonchev–Trinajstić information content (AvgIpc) is 2.39. The minimum atomic E-state index is -0.600. The van der Waals surface area contributed by atoms with Crippen molar-refractivity contribution in [2.45, 2.75) is 32.6 Å². The van der Waals surface area contributed by atoms with Crippen LogP contribution in [0.2, 0.25) is 0 Å². The molecule has 6 nitrogen and oxygen atoms in total. The zero-order valence-electron chi connectivity index (χ0n) is 11.0. The Balaban J connectivity index is 2.77. The third-order valence-corrected chi connectivity index (χ3v) is 2.57. The lowest BCUT2D eigenvalue weighted by Crippen LogP contribution is -2.09. The second-order valence-corrected chi connectivity index (χ2v) is 4.02. The molecule has 0 aromatic heterocycles. The fourth-order valence-electron chi connectivity index (χ4n) is 1.55. The van der Waals surface area contributed by atoms with E-state index in [1.54, 1.807) is 0 Å². The number of rotatable bonds is 7. The number of carbonyl (C=O) groups is 1. The largest absolute Gasteiger partial charge is 0.496 e. The second kappa shape index (κ2) is 7.35. The number of hydrogen-bond donors (Lipinski definition) is 0. The molecule has 0 saturated heterocycles. The standard InChI is InChI=1S/C13H17NO5/c1-3-4-5-6-13(15)19-12-8-7-10(18-2)9-11(12)14(16)17/h7-9H,3-6H2,1-2H3. The molecule has 0 amide bonds. The number of nitrogens with zero attached hydrogens (tertiary/aromatic N) is 1. The fourth-order valence-corrected chi connectivity index (χ4v) is 1.55. The maximum Gasteiger partial charge on any atom is 0.315 e. The van der Waals surface area contributed by atoms with Crippen molar-refractivity contribution in [3.8, 4) is 11.5 Å². The van der Waals surface area contributed by atoms with Crippen LogP contribution in [0.1, 0.15) is 32.6 Å². The summed E-state index contributed by atoms with van der Waals surface area (Å²) in [7, 11) is 1.41. The Kier molecular flexibility index (Phi) is 5.78. The minimum absolute atomic E-state index is 0.0488. The van der Waals surface area contributed by atoms with Crippen LogP contribution in [0.4, 0.5) is 5.69 Å². The van der Waals surface area contributed by atoms with E-state index in [-0.39, 0.29) is 17.9 Å². The van der Waals surface area contributed by atoms with Crippen LogP contribution in [0, 0.1) is 10.1 Å². The molecule has 6 heteroatoms. The highest BCUT2D eigenvalue weighted by molar-refractivity contribution is 5.74. The zero-order valence-corrected chi connectivity index (χ0v) is 11.0. The van der Waals surface area contributed by atoms with Gasteiger partial charge in [0.15, 0.2) is 0 Å². The smallest absolute Gasteiger partial charge is 0.315 e. The van der Waals surface area contributed by atoms with Crippen LogP contribution in [-0.4, -0.2) is 18.0 Å². The first-order valence-corrected chi connectivity index (χ1v) is 6.11. The van der Waals surface area contributed by atoms with E-state index in [0.717, 1.165) is 19.3 Å². The lowest BCUT2D eigenvalue weighted by molar-refractivity contribution is -0.385. The maximum atomic E-state index is 11.5. The van der Waals surface area contributed by atoms with Crippen LogP contribution in [0.15, 0.2) is 18.2 Å². The molecule has 19 heavy (non-hydrogen) atoms. The van der Waals surface area contributed by atoms with Gasteiger partial charge in [-0.3, -0.25) is 14.9 Å². The third kappa shape index (κ3) is 4.57. The van der Waals surface area contributed by atoms with Gasteiger partial charge in [0.2, 0.25) is 5.75 Å². The molecule has 0 bridgehead atoms. The summed E-state index contributed by atoms with van der Waals surface area (Å²) >= 11 is 0. The van der Waals surface area contributed by atoms with Crippen LogP contribution in [0.25, 0.3) is 0 Å². The monoisotopic (exact) mass is 267 g/mol. The SMILES string of the molecule is CCCCCC(=O)Oc1ccc(OC)cc1[N+](=O)[O-]. The van der Waals surface area contributed by atoms with Crippen molar-refractivity contribution in [1.82, 2.24) is 0 Å². The topological polar surface area (TPSA) is 78.7 Å². The molecule has 0 aliphatic heterocycles. The molecule has 1 aromatic carbocycles. The molecule has 0 heterocycles. The predicted octanol–water partition coefficient (Wildman–Crippen LogP) is 3.09. The summed E-state index contributed by atoms with van der Waals surface area (Å²) in [6.45, 7) is 2.03. The molecule has 0 aliphatic carbocycles. The summed E-state index contributed by atoms with van der Waals surface area (Å²) in [6, 6.07) is 4.12. The van der Waals surface area contributed by atoms with E-state index in [9.17, 15) is 14.9 Å². The van der Waals surface area contributed by atoms with E-state index < -0.39 is 10.9 Å². The number of hydrogen-bond acceptors (Lipinski definition) is 5. The average molecular weight is 267 g/mol. The molecular formula is C13H17NO5. The van der Waals surface area contributed by atoms with Gasteiger partial charge in [-0.15, -0.1) is 0 Å². The van der Waals surface area contributed by atoms with Gasteiger partial charge in [0.25, 0.3) is 0 Å². The van der Waals surface area contributed by atoms with E-state index in [1.807, 2.05) is 6.92 Å². The summed E-state index contributed by atoms with van der Waals surface area (Å²) in [5.41, 5.74) is -0.275. The Morgan fingerprint density at radius 3 is 2.68 bits per heavy atom. The first-order chi connectivity index (χ1) is 9.08. The molecule has 0 spiro atoms. The van der Waals surface area contributed by atoms with Crippen LogP contribution in [-0.2, 0) is 4.79 Å². The molecule has 0 unspecified atom stereocenters. The molecule has 0 saturated carbocycles. The number of esters is 1. The van der Waals surface area contributed by atoms with Crippen molar-refractivity contribution in [3.05, 3.63) is 28.3 Å². The molecule has 1 aromatic rings. The minimum Gasteiger partial charge on any atom is -0.496 e. The van der Waals surface area contributed by atoms with Gasteiger partial charge in [0, 0.05) is 6.42 Å². The summed E-state index contributed by atoms with van der Waals surface area (Å²) in [5.74, 6) is -0.161. The maximum absolute atomic E-state index is 11.5. The van der Waals surface area contributed by atoms with Crippen LogP contribution < -0.4 is 9.47 Å².